The fraction of sp³-hybridized carbons (Fsp3) is 0.417. The van der Waals surface area contributed by atoms with E-state index in [9.17, 15) is 0 Å². The molecule has 0 unspecified atom stereocenters. The lowest BCUT2D eigenvalue weighted by molar-refractivity contribution is 1.01. The van der Waals surface area contributed by atoms with Gasteiger partial charge in [-0.2, -0.15) is 5.26 Å². The van der Waals surface area contributed by atoms with E-state index in [-0.39, 0.29) is 0 Å². The molecule has 0 amide bonds. The number of aryl methyl sites for hydroxylation is 1. The average molecular weight is 175 g/mol. The van der Waals surface area contributed by atoms with E-state index in [0.717, 1.165) is 6.42 Å². The van der Waals surface area contributed by atoms with Crippen LogP contribution in [0.2, 0.25) is 0 Å². The van der Waals surface area contributed by atoms with E-state index in [1.54, 1.807) is 0 Å². The third kappa shape index (κ3) is 7.08. The Morgan fingerprint density at radius 2 is 1.69 bits per heavy atom. The Morgan fingerprint density at radius 1 is 1.15 bits per heavy atom. The SMILES string of the molecule is CCC.N#CCCc1ccccc1. The van der Waals surface area contributed by atoms with Gasteiger partial charge in [-0.3, -0.25) is 0 Å². The molecule has 0 aliphatic heterocycles. The predicted octanol–water partition coefficient (Wildman–Crippen LogP) is 3.56. The Kier molecular flexibility index (Phi) is 7.93. The van der Waals surface area contributed by atoms with Crippen LogP contribution in [0, 0.1) is 11.3 Å². The van der Waals surface area contributed by atoms with Crippen LogP contribution in [-0.2, 0) is 6.42 Å². The Bertz CT molecular complexity index is 233. The lowest BCUT2D eigenvalue weighted by Gasteiger charge is -1.92. The van der Waals surface area contributed by atoms with Crippen molar-refractivity contribution in [2.24, 2.45) is 0 Å². The standard InChI is InChI=1S/C9H9N.C3H8/c10-8-4-7-9-5-2-1-3-6-9;1-3-2/h1-3,5-6H,4,7H2;3H2,1-2H3. The molecule has 0 spiro atoms. The van der Waals surface area contributed by atoms with Crippen LogP contribution in [0.3, 0.4) is 0 Å². The largest absolute Gasteiger partial charge is 0.198 e. The smallest absolute Gasteiger partial charge is 0.0625 e. The van der Waals surface area contributed by atoms with Crippen molar-refractivity contribution in [3.63, 3.8) is 0 Å². The van der Waals surface area contributed by atoms with E-state index in [2.05, 4.69) is 19.9 Å². The van der Waals surface area contributed by atoms with Crippen molar-refractivity contribution in [2.75, 3.05) is 0 Å². The normalized spacial score (nSPS) is 8.08. The second-order valence-electron chi connectivity index (χ2n) is 2.85. The van der Waals surface area contributed by atoms with Gasteiger partial charge in [0, 0.05) is 6.42 Å². The summed E-state index contributed by atoms with van der Waals surface area (Å²) in [6, 6.07) is 12.2. The van der Waals surface area contributed by atoms with E-state index >= 15 is 0 Å². The number of benzene rings is 1. The van der Waals surface area contributed by atoms with Crippen molar-refractivity contribution in [2.45, 2.75) is 33.1 Å². The third-order valence-corrected chi connectivity index (χ3v) is 1.37. The Labute approximate surface area is 81.0 Å². The number of hydrogen-bond acceptors (Lipinski definition) is 1. The van der Waals surface area contributed by atoms with Crippen LogP contribution in [0.15, 0.2) is 30.3 Å². The van der Waals surface area contributed by atoms with E-state index in [1.807, 2.05) is 30.3 Å². The molecule has 0 fully saturated rings. The summed E-state index contributed by atoms with van der Waals surface area (Å²) in [6.45, 7) is 4.25. The van der Waals surface area contributed by atoms with E-state index in [1.165, 1.54) is 12.0 Å². The summed E-state index contributed by atoms with van der Waals surface area (Å²) < 4.78 is 0. The van der Waals surface area contributed by atoms with Gasteiger partial charge in [0.2, 0.25) is 0 Å². The molecule has 0 heterocycles. The molecule has 1 heteroatoms. The maximum Gasteiger partial charge on any atom is 0.0625 e. The molecule has 0 aromatic heterocycles. The molecule has 0 atom stereocenters. The van der Waals surface area contributed by atoms with Gasteiger partial charge >= 0.3 is 0 Å². The second kappa shape index (κ2) is 8.80. The highest BCUT2D eigenvalue weighted by Gasteiger charge is 1.87. The molecule has 0 N–H and O–H groups in total. The highest BCUT2D eigenvalue weighted by Crippen LogP contribution is 2.00. The fourth-order valence-corrected chi connectivity index (χ4v) is 0.845. The molecule has 0 saturated carbocycles. The van der Waals surface area contributed by atoms with E-state index in [0.29, 0.717) is 6.42 Å². The van der Waals surface area contributed by atoms with Crippen LogP contribution >= 0.6 is 0 Å². The van der Waals surface area contributed by atoms with Gasteiger partial charge in [0.05, 0.1) is 6.07 Å². The van der Waals surface area contributed by atoms with Gasteiger partial charge in [-0.25, -0.2) is 0 Å². The molecule has 1 aromatic rings. The highest BCUT2D eigenvalue weighted by molar-refractivity contribution is 5.15. The minimum absolute atomic E-state index is 0.615. The van der Waals surface area contributed by atoms with E-state index in [4.69, 9.17) is 5.26 Å². The summed E-state index contributed by atoms with van der Waals surface area (Å²) in [7, 11) is 0. The zero-order valence-corrected chi connectivity index (χ0v) is 8.46. The summed E-state index contributed by atoms with van der Waals surface area (Å²) in [5.74, 6) is 0. The van der Waals surface area contributed by atoms with Gasteiger partial charge in [-0.1, -0.05) is 50.6 Å². The van der Waals surface area contributed by atoms with Crippen molar-refractivity contribution in [1.82, 2.24) is 0 Å². The topological polar surface area (TPSA) is 23.8 Å². The van der Waals surface area contributed by atoms with Crippen molar-refractivity contribution in [3.05, 3.63) is 35.9 Å². The van der Waals surface area contributed by atoms with Crippen molar-refractivity contribution in [1.29, 1.82) is 5.26 Å². The summed E-state index contributed by atoms with van der Waals surface area (Å²) in [5.41, 5.74) is 1.24. The second-order valence-corrected chi connectivity index (χ2v) is 2.85. The molecule has 70 valence electrons. The quantitative estimate of drug-likeness (QED) is 0.674. The van der Waals surface area contributed by atoms with Crippen LogP contribution in [0.5, 0.6) is 0 Å². The molecule has 0 bridgehead atoms. The first-order chi connectivity index (χ1) is 6.35. The predicted molar refractivity (Wildman–Crippen MR) is 56.3 cm³/mol. The number of nitriles is 1. The Hall–Kier alpha value is -1.29. The van der Waals surface area contributed by atoms with Gasteiger partial charge < -0.3 is 0 Å². The molecule has 0 aliphatic rings. The van der Waals surface area contributed by atoms with Crippen LogP contribution < -0.4 is 0 Å². The minimum Gasteiger partial charge on any atom is -0.198 e. The van der Waals surface area contributed by atoms with Crippen LogP contribution in [0.25, 0.3) is 0 Å². The van der Waals surface area contributed by atoms with Crippen LogP contribution in [0.1, 0.15) is 32.3 Å². The first kappa shape index (κ1) is 11.7. The molecule has 1 nitrogen and oxygen atoms in total. The number of hydrogen-bond donors (Lipinski definition) is 0. The maximum atomic E-state index is 8.28. The summed E-state index contributed by atoms with van der Waals surface area (Å²) in [5, 5.41) is 8.28. The molecular formula is C12H17N. The summed E-state index contributed by atoms with van der Waals surface area (Å²) in [6.07, 6.45) is 2.74. The first-order valence-corrected chi connectivity index (χ1v) is 4.76. The number of rotatable bonds is 2. The van der Waals surface area contributed by atoms with Gasteiger partial charge in [-0.15, -0.1) is 0 Å². The highest BCUT2D eigenvalue weighted by atomic mass is 14.2. The molecule has 0 aliphatic carbocycles. The molecule has 0 saturated heterocycles. The zero-order chi connectivity index (χ0) is 9.94. The minimum atomic E-state index is 0.615. The Balaban J connectivity index is 0.000000424. The Morgan fingerprint density at radius 3 is 2.15 bits per heavy atom. The number of nitrogens with zero attached hydrogens (tertiary/aromatic N) is 1. The molecular weight excluding hydrogens is 158 g/mol. The van der Waals surface area contributed by atoms with Gasteiger partial charge in [0.1, 0.15) is 0 Å². The lowest BCUT2D eigenvalue weighted by atomic mass is 10.1. The first-order valence-electron chi connectivity index (χ1n) is 4.76. The fourth-order valence-electron chi connectivity index (χ4n) is 0.845. The van der Waals surface area contributed by atoms with Crippen LogP contribution in [0.4, 0.5) is 0 Å². The van der Waals surface area contributed by atoms with Crippen molar-refractivity contribution < 1.29 is 0 Å². The van der Waals surface area contributed by atoms with Crippen LogP contribution in [-0.4, -0.2) is 0 Å². The van der Waals surface area contributed by atoms with Crippen molar-refractivity contribution in [3.8, 4) is 6.07 Å². The third-order valence-electron chi connectivity index (χ3n) is 1.37. The van der Waals surface area contributed by atoms with Gasteiger partial charge in [0.15, 0.2) is 0 Å². The molecule has 0 radical (unpaired) electrons. The summed E-state index contributed by atoms with van der Waals surface area (Å²) >= 11 is 0. The van der Waals surface area contributed by atoms with Crippen molar-refractivity contribution >= 4 is 0 Å². The molecule has 1 aromatic carbocycles. The maximum absolute atomic E-state index is 8.28. The van der Waals surface area contributed by atoms with E-state index < -0.39 is 0 Å². The van der Waals surface area contributed by atoms with Gasteiger partial charge in [-0.05, 0) is 12.0 Å². The lowest BCUT2D eigenvalue weighted by Crippen LogP contribution is -1.80. The monoisotopic (exact) mass is 175 g/mol. The van der Waals surface area contributed by atoms with Gasteiger partial charge in [0.25, 0.3) is 0 Å². The molecule has 13 heavy (non-hydrogen) atoms. The zero-order valence-electron chi connectivity index (χ0n) is 8.46. The molecule has 1 rings (SSSR count). The summed E-state index contributed by atoms with van der Waals surface area (Å²) in [4.78, 5) is 0. The average Bonchev–Trinajstić information content (AvgIpc) is 2.18.